The second-order valence-corrected chi connectivity index (χ2v) is 10.5. The highest BCUT2D eigenvalue weighted by Crippen LogP contribution is 2.42. The van der Waals surface area contributed by atoms with Crippen LogP contribution in [0.2, 0.25) is 0 Å². The van der Waals surface area contributed by atoms with Crippen molar-refractivity contribution in [1.29, 1.82) is 0 Å². The van der Waals surface area contributed by atoms with Crippen LogP contribution in [0.3, 0.4) is 0 Å². The molecule has 8 heteroatoms. The number of anilines is 1. The van der Waals surface area contributed by atoms with E-state index in [2.05, 4.69) is 25.2 Å². The van der Waals surface area contributed by atoms with E-state index in [0.717, 1.165) is 35.3 Å². The van der Waals surface area contributed by atoms with Gasteiger partial charge < -0.3 is 5.32 Å². The lowest BCUT2D eigenvalue weighted by atomic mass is 9.69. The quantitative estimate of drug-likeness (QED) is 0.383. The second kappa shape index (κ2) is 9.00. The van der Waals surface area contributed by atoms with Crippen LogP contribution in [0.1, 0.15) is 51.3 Å². The van der Waals surface area contributed by atoms with Gasteiger partial charge in [-0.15, -0.1) is 5.10 Å². The van der Waals surface area contributed by atoms with Gasteiger partial charge in [0.15, 0.2) is 5.16 Å². The van der Waals surface area contributed by atoms with Gasteiger partial charge in [0.1, 0.15) is 0 Å². The predicted octanol–water partition coefficient (Wildman–Crippen LogP) is 5.09. The van der Waals surface area contributed by atoms with E-state index in [4.69, 9.17) is 10.1 Å². The zero-order chi connectivity index (χ0) is 24.7. The summed E-state index contributed by atoms with van der Waals surface area (Å²) >= 11 is 1.25. The topological polar surface area (TPSA) is 81.3 Å². The van der Waals surface area contributed by atoms with Crippen molar-refractivity contribution >= 4 is 29.1 Å². The van der Waals surface area contributed by atoms with Gasteiger partial charge in [0.05, 0.1) is 23.1 Å². The van der Waals surface area contributed by atoms with Crippen LogP contribution in [0.4, 0.5) is 5.69 Å². The van der Waals surface area contributed by atoms with E-state index in [0.29, 0.717) is 10.9 Å². The largest absolute Gasteiger partial charge is 0.325 e. The first-order valence-corrected chi connectivity index (χ1v) is 12.9. The van der Waals surface area contributed by atoms with Crippen LogP contribution in [-0.2, 0) is 16.6 Å². The lowest BCUT2D eigenvalue weighted by molar-refractivity contribution is -0.113. The number of nitrogens with zero attached hydrogens (tertiary/aromatic N) is 4. The molecule has 1 atom stereocenters. The monoisotopic (exact) mass is 487 g/mol. The first kappa shape index (κ1) is 23.4. The molecule has 1 N–H and O–H groups in total. The zero-order valence-electron chi connectivity index (χ0n) is 20.4. The normalized spacial score (nSPS) is 16.8. The molecule has 0 unspecified atom stereocenters. The van der Waals surface area contributed by atoms with Gasteiger partial charge >= 0.3 is 0 Å². The Bertz CT molecular complexity index is 1470. The van der Waals surface area contributed by atoms with E-state index in [1.165, 1.54) is 17.3 Å². The summed E-state index contributed by atoms with van der Waals surface area (Å²) in [5, 5.41) is 8.10. The molecule has 0 aliphatic heterocycles. The maximum atomic E-state index is 14.1. The Morgan fingerprint density at radius 2 is 1.86 bits per heavy atom. The molecule has 4 aromatic rings. The number of thioether (sulfide) groups is 1. The van der Waals surface area contributed by atoms with Gasteiger partial charge in [-0.25, -0.2) is 14.1 Å². The van der Waals surface area contributed by atoms with E-state index in [9.17, 15) is 9.59 Å². The molecule has 1 aliphatic carbocycles. The number of hydrogen-bond donors (Lipinski definition) is 1. The van der Waals surface area contributed by atoms with Crippen LogP contribution in [0.5, 0.6) is 0 Å². The molecule has 0 fully saturated rings. The fourth-order valence-electron chi connectivity index (χ4n) is 4.76. The van der Waals surface area contributed by atoms with Gasteiger partial charge in [0, 0.05) is 16.7 Å². The minimum Gasteiger partial charge on any atom is -0.325 e. The van der Waals surface area contributed by atoms with Gasteiger partial charge in [0.2, 0.25) is 11.7 Å². The number of benzene rings is 2. The molecule has 0 bridgehead atoms. The zero-order valence-corrected chi connectivity index (χ0v) is 21.2. The van der Waals surface area contributed by atoms with Crippen molar-refractivity contribution < 1.29 is 4.79 Å². The predicted molar refractivity (Wildman–Crippen MR) is 140 cm³/mol. The molecular weight excluding hydrogens is 458 g/mol. The minimum atomic E-state index is -0.332. The molecule has 2 heterocycles. The summed E-state index contributed by atoms with van der Waals surface area (Å²) in [6.45, 7) is 8.29. The second-order valence-electron chi connectivity index (χ2n) is 9.55. The van der Waals surface area contributed by atoms with Crippen LogP contribution in [0, 0.1) is 0 Å². The maximum absolute atomic E-state index is 14.1. The van der Waals surface area contributed by atoms with Gasteiger partial charge in [0.25, 0.3) is 5.56 Å². The van der Waals surface area contributed by atoms with Crippen LogP contribution in [-0.4, -0.2) is 30.8 Å². The lowest BCUT2D eigenvalue weighted by Gasteiger charge is -2.35. The molecule has 7 nitrogen and oxygen atoms in total. The molecule has 0 spiro atoms. The lowest BCUT2D eigenvalue weighted by Crippen LogP contribution is -2.38. The minimum absolute atomic E-state index is 0.00108. The number of nitrogens with one attached hydrogen (secondary N) is 1. The molecule has 0 radical (unpaired) electrons. The first-order chi connectivity index (χ1) is 16.8. The highest BCUT2D eigenvalue weighted by atomic mass is 32.2. The van der Waals surface area contributed by atoms with Gasteiger partial charge in [-0.05, 0) is 44.4 Å². The van der Waals surface area contributed by atoms with Crippen molar-refractivity contribution in [1.82, 2.24) is 19.2 Å². The Kier molecular flexibility index (Phi) is 6.01. The highest BCUT2D eigenvalue weighted by molar-refractivity contribution is 7.99. The number of carbonyl (C=O) groups is 1. The van der Waals surface area contributed by atoms with Crippen molar-refractivity contribution in [2.45, 2.75) is 57.1 Å². The third-order valence-corrected chi connectivity index (χ3v) is 7.70. The fourth-order valence-corrected chi connectivity index (χ4v) is 5.53. The number of rotatable bonds is 6. The Hall–Kier alpha value is -3.39. The molecule has 1 amide bonds. The highest BCUT2D eigenvalue weighted by Gasteiger charge is 2.38. The van der Waals surface area contributed by atoms with E-state index in [1.807, 2.05) is 62.4 Å². The van der Waals surface area contributed by atoms with Crippen LogP contribution < -0.4 is 10.9 Å². The Balaban J connectivity index is 1.62. The standard InChI is InChI=1S/C27H29N5O2S/c1-5-27(4)15-18-11-9-10-14-20(18)23-22(27)24(34)31-25(29-23)32(17(2)3)30-26(31)35-16-21(33)28-19-12-7-6-8-13-19/h6-14,17H,5,15-16H2,1-4H3,(H,28,33)/t27-/m0/s1. The summed E-state index contributed by atoms with van der Waals surface area (Å²) in [5.41, 5.74) is 4.02. The average molecular weight is 488 g/mol. The number of aromatic nitrogens is 4. The number of amides is 1. The summed E-state index contributed by atoms with van der Waals surface area (Å²) in [4.78, 5) is 31.8. The van der Waals surface area contributed by atoms with Crippen LogP contribution in [0.25, 0.3) is 17.0 Å². The van der Waals surface area contributed by atoms with Crippen molar-refractivity contribution in [2.75, 3.05) is 11.1 Å². The SMILES string of the molecule is CC[C@@]1(C)Cc2ccccc2-c2nc3n(C(C)C)nc(SCC(=O)Nc4ccccc4)n3c(=O)c21. The van der Waals surface area contributed by atoms with Gasteiger partial charge in [-0.2, -0.15) is 0 Å². The van der Waals surface area contributed by atoms with Gasteiger partial charge in [-0.1, -0.05) is 68.1 Å². The smallest absolute Gasteiger partial charge is 0.265 e. The number of fused-ring (bicyclic) bond motifs is 4. The molecule has 2 aromatic heterocycles. The first-order valence-electron chi connectivity index (χ1n) is 11.9. The Morgan fingerprint density at radius 3 is 2.57 bits per heavy atom. The third-order valence-electron chi connectivity index (χ3n) is 6.77. The van der Waals surface area contributed by atoms with E-state index >= 15 is 0 Å². The average Bonchev–Trinajstić information content (AvgIpc) is 3.22. The van der Waals surface area contributed by atoms with Crippen molar-refractivity contribution in [2.24, 2.45) is 0 Å². The number of carbonyl (C=O) groups excluding carboxylic acids is 1. The summed E-state index contributed by atoms with van der Waals surface area (Å²) in [6.07, 6.45) is 1.60. The third kappa shape index (κ3) is 4.05. The Morgan fingerprint density at radius 1 is 1.14 bits per heavy atom. The fraction of sp³-hybridized carbons (Fsp3) is 0.333. The maximum Gasteiger partial charge on any atom is 0.265 e. The molecule has 1 aliphatic rings. The molecule has 180 valence electrons. The molecule has 0 saturated carbocycles. The van der Waals surface area contributed by atoms with Crippen molar-refractivity contribution in [3.8, 4) is 11.3 Å². The van der Waals surface area contributed by atoms with Crippen LogP contribution in [0.15, 0.2) is 64.5 Å². The summed E-state index contributed by atoms with van der Waals surface area (Å²) in [5.74, 6) is 0.487. The molecule has 5 rings (SSSR count). The van der Waals surface area contributed by atoms with Crippen LogP contribution >= 0.6 is 11.8 Å². The van der Waals surface area contributed by atoms with E-state index < -0.39 is 0 Å². The number of para-hydroxylation sites is 1. The molecule has 2 aromatic carbocycles. The van der Waals surface area contributed by atoms with Crippen molar-refractivity contribution in [3.63, 3.8) is 0 Å². The van der Waals surface area contributed by atoms with Gasteiger partial charge in [-0.3, -0.25) is 9.59 Å². The van der Waals surface area contributed by atoms with Crippen molar-refractivity contribution in [3.05, 3.63) is 76.1 Å². The summed E-state index contributed by atoms with van der Waals surface area (Å²) in [7, 11) is 0. The molecular formula is C27H29N5O2S. The number of hydrogen-bond acceptors (Lipinski definition) is 5. The van der Waals surface area contributed by atoms with E-state index in [1.54, 1.807) is 9.08 Å². The molecule has 0 saturated heterocycles. The summed E-state index contributed by atoms with van der Waals surface area (Å²) < 4.78 is 3.38. The Labute approximate surface area is 208 Å². The van der Waals surface area contributed by atoms with E-state index in [-0.39, 0.29) is 28.7 Å². The summed E-state index contributed by atoms with van der Waals surface area (Å²) in [6, 6.07) is 17.5. The molecule has 35 heavy (non-hydrogen) atoms.